The van der Waals surface area contributed by atoms with E-state index in [1.54, 1.807) is 0 Å². The average molecular weight is 393 g/mol. The molecule has 7 nitrogen and oxygen atoms in total. The number of aromatic hydroxyl groups is 1. The maximum atomic E-state index is 13.5. The molecule has 0 aromatic heterocycles. The van der Waals surface area contributed by atoms with Crippen molar-refractivity contribution in [3.63, 3.8) is 0 Å². The summed E-state index contributed by atoms with van der Waals surface area (Å²) in [6.07, 6.45) is 0.176. The van der Waals surface area contributed by atoms with Crippen LogP contribution in [0, 0.1) is 11.6 Å². The van der Waals surface area contributed by atoms with Crippen molar-refractivity contribution in [2.45, 2.75) is 0 Å². The van der Waals surface area contributed by atoms with E-state index in [1.165, 1.54) is 29.2 Å². The fourth-order valence-electron chi connectivity index (χ4n) is 2.25. The zero-order valence-electron chi connectivity index (χ0n) is 14.6. The molecule has 1 N–H and O–H groups in total. The monoisotopic (exact) mass is 393 g/mol. The molecule has 3 rings (SSSR count). The Labute approximate surface area is 159 Å². The summed E-state index contributed by atoms with van der Waals surface area (Å²) in [6.45, 7) is 1.63. The van der Waals surface area contributed by atoms with E-state index in [2.05, 4.69) is 0 Å². The molecule has 28 heavy (non-hydrogen) atoms. The van der Waals surface area contributed by atoms with Gasteiger partial charge >= 0.3 is 6.09 Å². The van der Waals surface area contributed by atoms with Crippen LogP contribution in [0.15, 0.2) is 36.4 Å². The number of phenolic OH excluding ortho intramolecular Hbond substituents is 1. The van der Waals surface area contributed by atoms with Gasteiger partial charge in [-0.3, -0.25) is 9.59 Å². The Morgan fingerprint density at radius 3 is 2.14 bits per heavy atom. The molecule has 1 saturated heterocycles. The van der Waals surface area contributed by atoms with Gasteiger partial charge in [-0.15, -0.1) is 0 Å². The lowest BCUT2D eigenvalue weighted by molar-refractivity contribution is 0.0412. The number of amides is 1. The van der Waals surface area contributed by atoms with Gasteiger partial charge in [0.15, 0.2) is 35.7 Å². The highest BCUT2D eigenvalue weighted by molar-refractivity contribution is 5.82. The minimum absolute atomic E-state index is 0.0107. The van der Waals surface area contributed by atoms with E-state index in [9.17, 15) is 23.2 Å². The van der Waals surface area contributed by atoms with Gasteiger partial charge in [0.2, 0.25) is 0 Å². The van der Waals surface area contributed by atoms with Gasteiger partial charge < -0.3 is 19.5 Å². The number of ether oxygens (including phenoxy) is 2. The van der Waals surface area contributed by atoms with E-state index < -0.39 is 23.5 Å². The molecule has 0 spiro atoms. The van der Waals surface area contributed by atoms with E-state index in [-0.39, 0.29) is 16.9 Å². The van der Waals surface area contributed by atoms with Crippen molar-refractivity contribution >= 4 is 18.7 Å². The predicted molar refractivity (Wildman–Crippen MR) is 93.7 cm³/mol. The Balaban J connectivity index is 0.000000237. The van der Waals surface area contributed by atoms with E-state index in [1.807, 2.05) is 0 Å². The predicted octanol–water partition coefficient (Wildman–Crippen LogP) is 2.81. The summed E-state index contributed by atoms with van der Waals surface area (Å²) >= 11 is 0. The molecule has 1 aliphatic rings. The molecule has 148 valence electrons. The fourth-order valence-corrected chi connectivity index (χ4v) is 2.25. The topological polar surface area (TPSA) is 93.1 Å². The first-order valence-corrected chi connectivity index (χ1v) is 8.18. The van der Waals surface area contributed by atoms with Crippen molar-refractivity contribution in [2.75, 3.05) is 26.3 Å². The van der Waals surface area contributed by atoms with Crippen molar-refractivity contribution < 1.29 is 37.7 Å². The maximum Gasteiger partial charge on any atom is 0.415 e. The second-order valence-electron chi connectivity index (χ2n) is 5.54. The highest BCUT2D eigenvalue weighted by Crippen LogP contribution is 2.22. The van der Waals surface area contributed by atoms with Gasteiger partial charge in [0.05, 0.1) is 24.3 Å². The van der Waals surface area contributed by atoms with Crippen LogP contribution in [-0.2, 0) is 4.74 Å². The maximum absolute atomic E-state index is 13.5. The van der Waals surface area contributed by atoms with Gasteiger partial charge in [-0.05, 0) is 24.3 Å². The Hall–Kier alpha value is -3.33. The molecule has 1 amide bonds. The van der Waals surface area contributed by atoms with Gasteiger partial charge in [0.25, 0.3) is 0 Å². The second-order valence-corrected chi connectivity index (χ2v) is 5.54. The molecule has 1 aliphatic heterocycles. The first-order valence-electron chi connectivity index (χ1n) is 8.18. The minimum Gasteiger partial charge on any atom is -0.504 e. The van der Waals surface area contributed by atoms with Crippen molar-refractivity contribution in [1.29, 1.82) is 0 Å². The summed E-state index contributed by atoms with van der Waals surface area (Å²) in [6, 6.07) is 7.69. The number of carbonyl (C=O) groups excluding carboxylic acids is 3. The van der Waals surface area contributed by atoms with Crippen LogP contribution in [0.2, 0.25) is 0 Å². The van der Waals surface area contributed by atoms with E-state index >= 15 is 0 Å². The Kier molecular flexibility index (Phi) is 7.58. The van der Waals surface area contributed by atoms with Crippen molar-refractivity contribution in [2.24, 2.45) is 0 Å². The average Bonchev–Trinajstić information content (AvgIpc) is 2.72. The number of morpholine rings is 1. The first-order chi connectivity index (χ1) is 13.5. The molecule has 0 radical (unpaired) electrons. The zero-order valence-corrected chi connectivity index (χ0v) is 14.6. The number of para-hydroxylation sites is 2. The molecule has 0 atom stereocenters. The highest BCUT2D eigenvalue weighted by atomic mass is 19.1. The number of phenols is 1. The Bertz CT molecular complexity index is 852. The third kappa shape index (κ3) is 5.34. The first kappa shape index (κ1) is 21.0. The lowest BCUT2D eigenvalue weighted by Gasteiger charge is -2.26. The normalized spacial score (nSPS) is 13.1. The fraction of sp³-hybridized carbons (Fsp3) is 0.211. The standard InChI is InChI=1S/C12H12FNO4.C7H5FO2/c13-10-3-1-2-9(8-15)11(10)18-12(16)14-4-6-17-7-5-14;8-6-3-1-2-5(4-9)7(6)10/h1-3,8H,4-7H2;1-4,10H. The summed E-state index contributed by atoms with van der Waals surface area (Å²) < 4.78 is 35.9. The lowest BCUT2D eigenvalue weighted by atomic mass is 10.2. The van der Waals surface area contributed by atoms with Crippen molar-refractivity contribution in [1.82, 2.24) is 4.90 Å². The van der Waals surface area contributed by atoms with Gasteiger partial charge in [-0.1, -0.05) is 12.1 Å². The van der Waals surface area contributed by atoms with Crippen molar-refractivity contribution in [3.8, 4) is 11.5 Å². The van der Waals surface area contributed by atoms with Crippen LogP contribution < -0.4 is 4.74 Å². The molecule has 0 bridgehead atoms. The lowest BCUT2D eigenvalue weighted by Crippen LogP contribution is -2.42. The van der Waals surface area contributed by atoms with Gasteiger partial charge in [-0.2, -0.15) is 0 Å². The van der Waals surface area contributed by atoms with Crippen LogP contribution in [0.1, 0.15) is 20.7 Å². The summed E-state index contributed by atoms with van der Waals surface area (Å²) in [5, 5.41) is 8.79. The number of halogens is 2. The van der Waals surface area contributed by atoms with Gasteiger partial charge in [0, 0.05) is 13.1 Å². The number of nitrogens with zero attached hydrogens (tertiary/aromatic N) is 1. The van der Waals surface area contributed by atoms with Crippen LogP contribution in [0.25, 0.3) is 0 Å². The smallest absolute Gasteiger partial charge is 0.415 e. The summed E-state index contributed by atoms with van der Waals surface area (Å²) in [5.41, 5.74) is -0.0170. The van der Waals surface area contributed by atoms with Crippen molar-refractivity contribution in [3.05, 3.63) is 59.2 Å². The second kappa shape index (κ2) is 10.1. The van der Waals surface area contributed by atoms with E-state index in [0.29, 0.717) is 38.9 Å². The van der Waals surface area contributed by atoms with E-state index in [4.69, 9.17) is 14.6 Å². The minimum atomic E-state index is -0.774. The van der Waals surface area contributed by atoms with Crippen LogP contribution >= 0.6 is 0 Å². The molecule has 0 saturated carbocycles. The number of benzene rings is 2. The molecular formula is C19H17F2NO6. The Morgan fingerprint density at radius 2 is 1.57 bits per heavy atom. The molecule has 2 aromatic rings. The summed E-state index contributed by atoms with van der Waals surface area (Å²) in [7, 11) is 0. The molecule has 9 heteroatoms. The largest absolute Gasteiger partial charge is 0.504 e. The van der Waals surface area contributed by atoms with Gasteiger partial charge in [0.1, 0.15) is 0 Å². The molecule has 2 aromatic carbocycles. The Morgan fingerprint density at radius 1 is 1.00 bits per heavy atom. The molecule has 0 unspecified atom stereocenters. The number of hydrogen-bond acceptors (Lipinski definition) is 6. The highest BCUT2D eigenvalue weighted by Gasteiger charge is 2.21. The number of rotatable bonds is 3. The molecule has 0 aliphatic carbocycles. The number of aldehydes is 2. The van der Waals surface area contributed by atoms with Crippen LogP contribution in [0.5, 0.6) is 11.5 Å². The third-order valence-electron chi connectivity index (χ3n) is 3.73. The van der Waals surface area contributed by atoms with E-state index in [0.717, 1.165) is 12.1 Å². The molecule has 1 fully saturated rings. The zero-order chi connectivity index (χ0) is 20.5. The third-order valence-corrected chi connectivity index (χ3v) is 3.73. The SMILES string of the molecule is O=Cc1cccc(F)c1O.O=Cc1cccc(F)c1OC(=O)N1CCOCC1. The number of hydrogen-bond donors (Lipinski definition) is 1. The molecular weight excluding hydrogens is 376 g/mol. The summed E-state index contributed by atoms with van der Waals surface area (Å²) in [5.74, 6) is -2.42. The summed E-state index contributed by atoms with van der Waals surface area (Å²) in [4.78, 5) is 34.0. The van der Waals surface area contributed by atoms with Crippen LogP contribution in [-0.4, -0.2) is 55.0 Å². The van der Waals surface area contributed by atoms with Crippen LogP contribution in [0.3, 0.4) is 0 Å². The quantitative estimate of drug-likeness (QED) is 0.806. The number of carbonyl (C=O) groups is 3. The van der Waals surface area contributed by atoms with Gasteiger partial charge in [-0.25, -0.2) is 13.6 Å². The van der Waals surface area contributed by atoms with Crippen LogP contribution in [0.4, 0.5) is 13.6 Å². The molecule has 1 heterocycles.